The van der Waals surface area contributed by atoms with Crippen molar-refractivity contribution < 1.29 is 18.7 Å². The number of aryl methyl sites for hydroxylation is 2. The Morgan fingerprint density at radius 2 is 1.77 bits per heavy atom. The molecule has 0 N–H and O–H groups in total. The molecule has 1 unspecified atom stereocenters. The fraction of sp³-hybridized carbons (Fsp3) is 0.360. The minimum atomic E-state index is -0.558. The number of hydrogen-bond acceptors (Lipinski definition) is 5. The van der Waals surface area contributed by atoms with Crippen molar-refractivity contribution in [1.29, 1.82) is 0 Å². The lowest BCUT2D eigenvalue weighted by Gasteiger charge is -2.22. The number of ether oxygens (including phenoxy) is 2. The van der Waals surface area contributed by atoms with Crippen molar-refractivity contribution in [2.24, 2.45) is 5.92 Å². The van der Waals surface area contributed by atoms with Crippen LogP contribution in [0.1, 0.15) is 52.7 Å². The maximum absolute atomic E-state index is 13.5. The number of benzene rings is 2. The summed E-state index contributed by atoms with van der Waals surface area (Å²) in [4.78, 5) is 28.0. The van der Waals surface area contributed by atoms with Gasteiger partial charge in [0.2, 0.25) is 5.76 Å². The zero-order valence-corrected chi connectivity index (χ0v) is 18.7. The number of methoxy groups -OCH3 is 1. The summed E-state index contributed by atoms with van der Waals surface area (Å²) in [5, 5.41) is 0.485. The zero-order valence-electron chi connectivity index (χ0n) is 18.7. The molecule has 6 nitrogen and oxygen atoms in total. The predicted molar refractivity (Wildman–Crippen MR) is 119 cm³/mol. The fourth-order valence-electron chi connectivity index (χ4n) is 3.96. The van der Waals surface area contributed by atoms with E-state index in [0.717, 1.165) is 16.7 Å². The molecule has 4 rings (SSSR count). The number of carbonyl (C=O) groups is 1. The number of carbonyl (C=O) groups excluding carboxylic acids is 1. The van der Waals surface area contributed by atoms with Crippen LogP contribution in [0.15, 0.2) is 39.5 Å². The van der Waals surface area contributed by atoms with Crippen LogP contribution in [-0.2, 0) is 0 Å². The maximum atomic E-state index is 13.5. The number of rotatable bonds is 5. The molecule has 2 aromatic carbocycles. The van der Waals surface area contributed by atoms with E-state index in [4.69, 9.17) is 13.9 Å². The van der Waals surface area contributed by atoms with Crippen molar-refractivity contribution in [3.8, 4) is 11.5 Å². The SMILES string of the molecule is COc1cc(C2c3c(oc4cc(C)c(C)cc4c3=O)C(=O)N2C)ccc1OCC(C)C. The number of nitrogens with zero attached hydrogens (tertiary/aromatic N) is 1. The second-order valence-corrected chi connectivity index (χ2v) is 8.54. The Morgan fingerprint density at radius 1 is 1.06 bits per heavy atom. The Morgan fingerprint density at radius 3 is 2.45 bits per heavy atom. The van der Waals surface area contributed by atoms with E-state index in [9.17, 15) is 9.59 Å². The molecule has 2 heterocycles. The van der Waals surface area contributed by atoms with Crippen LogP contribution >= 0.6 is 0 Å². The summed E-state index contributed by atoms with van der Waals surface area (Å²) in [7, 11) is 3.25. The van der Waals surface area contributed by atoms with Crippen molar-refractivity contribution >= 4 is 16.9 Å². The monoisotopic (exact) mass is 421 g/mol. The second kappa shape index (κ2) is 7.76. The minimum Gasteiger partial charge on any atom is -0.493 e. The largest absolute Gasteiger partial charge is 0.493 e. The van der Waals surface area contributed by atoms with Gasteiger partial charge in [0.05, 0.1) is 30.7 Å². The molecular formula is C25H27NO5. The Kier molecular flexibility index (Phi) is 5.25. The molecule has 3 aromatic rings. The quantitative estimate of drug-likeness (QED) is 0.601. The minimum absolute atomic E-state index is 0.104. The van der Waals surface area contributed by atoms with Gasteiger partial charge in [-0.1, -0.05) is 19.9 Å². The summed E-state index contributed by atoms with van der Waals surface area (Å²) in [5.41, 5.74) is 3.39. The molecular weight excluding hydrogens is 394 g/mol. The molecule has 31 heavy (non-hydrogen) atoms. The summed E-state index contributed by atoms with van der Waals surface area (Å²) in [6.45, 7) is 8.62. The highest BCUT2D eigenvalue weighted by Crippen LogP contribution is 2.40. The molecule has 6 heteroatoms. The van der Waals surface area contributed by atoms with Crippen LogP contribution < -0.4 is 14.9 Å². The van der Waals surface area contributed by atoms with E-state index in [1.165, 1.54) is 4.90 Å². The molecule has 1 aliphatic heterocycles. The molecule has 0 radical (unpaired) electrons. The Hall–Kier alpha value is -3.28. The first-order valence-corrected chi connectivity index (χ1v) is 10.4. The van der Waals surface area contributed by atoms with E-state index in [0.29, 0.717) is 40.6 Å². The predicted octanol–water partition coefficient (Wildman–Crippen LogP) is 4.63. The molecule has 1 aromatic heterocycles. The molecule has 0 aliphatic carbocycles. The Balaban J connectivity index is 1.86. The molecule has 0 saturated heterocycles. The number of amides is 1. The van der Waals surface area contributed by atoms with Crippen LogP contribution in [0.5, 0.6) is 11.5 Å². The van der Waals surface area contributed by atoms with E-state index in [1.54, 1.807) is 14.2 Å². The van der Waals surface area contributed by atoms with E-state index in [-0.39, 0.29) is 17.1 Å². The highest BCUT2D eigenvalue weighted by Gasteiger charge is 2.41. The van der Waals surface area contributed by atoms with Crippen molar-refractivity contribution in [3.05, 3.63) is 68.6 Å². The molecule has 0 fully saturated rings. The van der Waals surface area contributed by atoms with Gasteiger partial charge in [0, 0.05) is 7.05 Å². The standard InChI is InChI=1S/C25H27NO5/c1-13(2)12-30-18-8-7-16(11-20(18)29-6)22-21-23(27)17-9-14(3)15(4)10-19(17)31-24(21)25(28)26(22)5/h7-11,13,22H,12H2,1-6H3. The first-order valence-electron chi connectivity index (χ1n) is 10.4. The van der Waals surface area contributed by atoms with Gasteiger partial charge in [-0.15, -0.1) is 0 Å². The summed E-state index contributed by atoms with van der Waals surface area (Å²) in [6.07, 6.45) is 0. The average Bonchev–Trinajstić information content (AvgIpc) is 2.99. The molecule has 0 spiro atoms. The third-order valence-corrected chi connectivity index (χ3v) is 5.79. The molecule has 0 saturated carbocycles. The molecule has 0 bridgehead atoms. The number of fused-ring (bicyclic) bond motifs is 2. The lowest BCUT2D eigenvalue weighted by atomic mass is 9.97. The second-order valence-electron chi connectivity index (χ2n) is 8.54. The van der Waals surface area contributed by atoms with Gasteiger partial charge in [-0.05, 0) is 60.7 Å². The van der Waals surface area contributed by atoms with Crippen LogP contribution in [0.3, 0.4) is 0 Å². The van der Waals surface area contributed by atoms with Crippen LogP contribution in [0.4, 0.5) is 0 Å². The van der Waals surface area contributed by atoms with Crippen LogP contribution in [-0.4, -0.2) is 31.6 Å². The van der Waals surface area contributed by atoms with Crippen molar-refractivity contribution in [3.63, 3.8) is 0 Å². The van der Waals surface area contributed by atoms with Gasteiger partial charge in [-0.3, -0.25) is 9.59 Å². The lowest BCUT2D eigenvalue weighted by Crippen LogP contribution is -2.25. The zero-order chi connectivity index (χ0) is 22.4. The first kappa shape index (κ1) is 21.0. The van der Waals surface area contributed by atoms with E-state index >= 15 is 0 Å². The van der Waals surface area contributed by atoms with E-state index < -0.39 is 6.04 Å². The van der Waals surface area contributed by atoms with Gasteiger partial charge in [0.25, 0.3) is 5.91 Å². The van der Waals surface area contributed by atoms with E-state index in [2.05, 4.69) is 13.8 Å². The molecule has 1 atom stereocenters. The average molecular weight is 421 g/mol. The smallest absolute Gasteiger partial charge is 0.290 e. The maximum Gasteiger partial charge on any atom is 0.290 e. The van der Waals surface area contributed by atoms with Crippen LogP contribution in [0.25, 0.3) is 11.0 Å². The highest BCUT2D eigenvalue weighted by molar-refractivity contribution is 5.99. The van der Waals surface area contributed by atoms with Crippen LogP contribution in [0, 0.1) is 19.8 Å². The first-order chi connectivity index (χ1) is 14.7. The fourth-order valence-corrected chi connectivity index (χ4v) is 3.96. The summed E-state index contributed by atoms with van der Waals surface area (Å²) < 4.78 is 17.3. The molecule has 1 amide bonds. The number of hydrogen-bond donors (Lipinski definition) is 0. The van der Waals surface area contributed by atoms with Gasteiger partial charge in [-0.2, -0.15) is 0 Å². The van der Waals surface area contributed by atoms with Gasteiger partial charge < -0.3 is 18.8 Å². The molecule has 1 aliphatic rings. The van der Waals surface area contributed by atoms with Crippen molar-refractivity contribution in [2.45, 2.75) is 33.7 Å². The third-order valence-electron chi connectivity index (χ3n) is 5.79. The topological polar surface area (TPSA) is 69.0 Å². The van der Waals surface area contributed by atoms with Gasteiger partial charge in [-0.25, -0.2) is 0 Å². The van der Waals surface area contributed by atoms with Gasteiger partial charge in [0.15, 0.2) is 16.9 Å². The van der Waals surface area contributed by atoms with Crippen LogP contribution in [0.2, 0.25) is 0 Å². The highest BCUT2D eigenvalue weighted by atomic mass is 16.5. The summed E-state index contributed by atoms with van der Waals surface area (Å²) in [6, 6.07) is 8.60. The Labute approximate surface area is 181 Å². The third kappa shape index (κ3) is 3.46. The van der Waals surface area contributed by atoms with Crippen molar-refractivity contribution in [1.82, 2.24) is 4.90 Å². The summed E-state index contributed by atoms with van der Waals surface area (Å²) >= 11 is 0. The van der Waals surface area contributed by atoms with Crippen molar-refractivity contribution in [2.75, 3.05) is 20.8 Å². The lowest BCUT2D eigenvalue weighted by molar-refractivity contribution is 0.0771. The normalized spacial score (nSPS) is 15.6. The Bertz CT molecular complexity index is 1240. The van der Waals surface area contributed by atoms with Gasteiger partial charge >= 0.3 is 0 Å². The summed E-state index contributed by atoms with van der Waals surface area (Å²) in [5.74, 6) is 1.36. The molecule has 162 valence electrons. The van der Waals surface area contributed by atoms with E-state index in [1.807, 2.05) is 44.2 Å². The van der Waals surface area contributed by atoms with Gasteiger partial charge in [0.1, 0.15) is 5.58 Å².